The van der Waals surface area contributed by atoms with Crippen LogP contribution in [0.2, 0.25) is 0 Å². The molecule has 1 aliphatic rings. The molecule has 2 aromatic rings. The molecule has 2 heteroatoms. The Bertz CT molecular complexity index is 656. The first kappa shape index (κ1) is 11.7. The van der Waals surface area contributed by atoms with Crippen LogP contribution in [-0.4, -0.2) is 5.78 Å². The van der Waals surface area contributed by atoms with E-state index in [1.54, 1.807) is 0 Å². The minimum absolute atomic E-state index is 0.0361. The van der Waals surface area contributed by atoms with Gasteiger partial charge in [-0.25, -0.2) is 0 Å². The third-order valence-corrected chi connectivity index (χ3v) is 3.31. The predicted octanol–water partition coefficient (Wildman–Crippen LogP) is 3.54. The molecule has 0 spiro atoms. The molecule has 0 atom stereocenters. The summed E-state index contributed by atoms with van der Waals surface area (Å²) in [5.41, 5.74) is 3.39. The highest BCUT2D eigenvalue weighted by Gasteiger charge is 2.21. The molecule has 0 saturated carbocycles. The summed E-state index contributed by atoms with van der Waals surface area (Å²) in [4.78, 5) is 12.6. The molecule has 0 bridgehead atoms. The molecule has 94 valence electrons. The van der Waals surface area contributed by atoms with Gasteiger partial charge in [0.15, 0.2) is 5.78 Å². The molecule has 0 aliphatic carbocycles. The van der Waals surface area contributed by atoms with Gasteiger partial charge in [0, 0.05) is 11.1 Å². The number of ketones is 1. The molecule has 0 saturated heterocycles. The molecular weight excluding hydrogens is 236 g/mol. The van der Waals surface area contributed by atoms with Crippen LogP contribution >= 0.6 is 0 Å². The fourth-order valence-electron chi connectivity index (χ4n) is 2.34. The Hall–Kier alpha value is -2.35. The molecule has 19 heavy (non-hydrogen) atoms. The van der Waals surface area contributed by atoms with Crippen LogP contribution in [-0.2, 0) is 13.0 Å². The standard InChI is InChI=1S/C17H14O2/c1-2-5-12-8-9-16-15(10-12)17(18)14-7-4-3-6-13(14)11-19-16/h2-4,6-10H,1,5,11H2. The van der Waals surface area contributed by atoms with Crippen molar-refractivity contribution in [1.82, 2.24) is 0 Å². The Balaban J connectivity index is 2.12. The van der Waals surface area contributed by atoms with Gasteiger partial charge >= 0.3 is 0 Å². The highest BCUT2D eigenvalue weighted by atomic mass is 16.5. The Labute approximate surface area is 112 Å². The molecule has 2 aromatic carbocycles. The van der Waals surface area contributed by atoms with Crippen molar-refractivity contribution >= 4 is 5.78 Å². The van der Waals surface area contributed by atoms with Gasteiger partial charge in [0.05, 0.1) is 5.56 Å². The van der Waals surface area contributed by atoms with E-state index >= 15 is 0 Å². The summed E-state index contributed by atoms with van der Waals surface area (Å²) < 4.78 is 5.73. The van der Waals surface area contributed by atoms with Crippen LogP contribution in [0.1, 0.15) is 27.0 Å². The molecule has 0 unspecified atom stereocenters. The van der Waals surface area contributed by atoms with Gasteiger partial charge in [-0.05, 0) is 24.1 Å². The topological polar surface area (TPSA) is 26.3 Å². The van der Waals surface area contributed by atoms with Crippen LogP contribution < -0.4 is 4.74 Å². The van der Waals surface area contributed by atoms with E-state index in [2.05, 4.69) is 6.58 Å². The molecule has 0 N–H and O–H groups in total. The number of carbonyl (C=O) groups is 1. The molecule has 0 radical (unpaired) electrons. The first-order valence-corrected chi connectivity index (χ1v) is 6.29. The quantitative estimate of drug-likeness (QED) is 0.762. The zero-order chi connectivity index (χ0) is 13.2. The number of hydrogen-bond donors (Lipinski definition) is 0. The SMILES string of the molecule is C=CCc1ccc2c(c1)C(=O)c1ccccc1CO2. The first-order chi connectivity index (χ1) is 9.29. The van der Waals surface area contributed by atoms with Crippen molar-refractivity contribution in [3.8, 4) is 5.75 Å². The lowest BCUT2D eigenvalue weighted by Crippen LogP contribution is -2.03. The van der Waals surface area contributed by atoms with Gasteiger partial charge in [0.1, 0.15) is 12.4 Å². The van der Waals surface area contributed by atoms with E-state index in [9.17, 15) is 4.79 Å². The normalized spacial score (nSPS) is 12.9. The summed E-state index contributed by atoms with van der Waals surface area (Å²) in [5, 5.41) is 0. The number of fused-ring (bicyclic) bond motifs is 2. The Kier molecular flexibility index (Phi) is 2.92. The predicted molar refractivity (Wildman–Crippen MR) is 74.5 cm³/mol. The summed E-state index contributed by atoms with van der Waals surface area (Å²) in [6.07, 6.45) is 2.58. The molecule has 2 nitrogen and oxygen atoms in total. The zero-order valence-electron chi connectivity index (χ0n) is 10.6. The summed E-state index contributed by atoms with van der Waals surface area (Å²) in [5.74, 6) is 0.697. The zero-order valence-corrected chi connectivity index (χ0v) is 10.6. The van der Waals surface area contributed by atoms with Crippen LogP contribution in [0.3, 0.4) is 0 Å². The van der Waals surface area contributed by atoms with Gasteiger partial charge in [-0.2, -0.15) is 0 Å². The maximum Gasteiger partial charge on any atom is 0.197 e. The van der Waals surface area contributed by atoms with Gasteiger partial charge in [0.2, 0.25) is 0 Å². The number of allylic oxidation sites excluding steroid dienone is 1. The molecular formula is C17H14O2. The van der Waals surface area contributed by atoms with E-state index in [0.29, 0.717) is 17.9 Å². The summed E-state index contributed by atoms with van der Waals surface area (Å²) >= 11 is 0. The fourth-order valence-corrected chi connectivity index (χ4v) is 2.34. The third-order valence-electron chi connectivity index (χ3n) is 3.31. The van der Waals surface area contributed by atoms with Gasteiger partial charge in [0.25, 0.3) is 0 Å². The van der Waals surface area contributed by atoms with Gasteiger partial charge < -0.3 is 4.74 Å². The first-order valence-electron chi connectivity index (χ1n) is 6.29. The van der Waals surface area contributed by atoms with E-state index in [4.69, 9.17) is 4.74 Å². The highest BCUT2D eigenvalue weighted by Crippen LogP contribution is 2.29. The van der Waals surface area contributed by atoms with E-state index in [1.807, 2.05) is 48.5 Å². The molecule has 0 fully saturated rings. The number of hydrogen-bond acceptors (Lipinski definition) is 2. The smallest absolute Gasteiger partial charge is 0.197 e. The molecule has 3 rings (SSSR count). The van der Waals surface area contributed by atoms with Crippen molar-refractivity contribution < 1.29 is 9.53 Å². The molecule has 1 heterocycles. The van der Waals surface area contributed by atoms with Crippen LogP contribution in [0.4, 0.5) is 0 Å². The van der Waals surface area contributed by atoms with E-state index in [-0.39, 0.29) is 5.78 Å². The minimum atomic E-state index is 0.0361. The Morgan fingerprint density at radius 1 is 1.16 bits per heavy atom. The third kappa shape index (κ3) is 2.06. The van der Waals surface area contributed by atoms with Gasteiger partial charge in [-0.3, -0.25) is 4.79 Å². The van der Waals surface area contributed by atoms with Crippen molar-refractivity contribution in [3.05, 3.63) is 77.4 Å². The van der Waals surface area contributed by atoms with Gasteiger partial charge in [-0.1, -0.05) is 36.4 Å². The second kappa shape index (κ2) is 4.73. The van der Waals surface area contributed by atoms with Crippen molar-refractivity contribution in [1.29, 1.82) is 0 Å². The average molecular weight is 250 g/mol. The van der Waals surface area contributed by atoms with Crippen molar-refractivity contribution in [2.75, 3.05) is 0 Å². The van der Waals surface area contributed by atoms with Crippen LogP contribution in [0.15, 0.2) is 55.1 Å². The van der Waals surface area contributed by atoms with Crippen molar-refractivity contribution in [3.63, 3.8) is 0 Å². The van der Waals surface area contributed by atoms with Crippen LogP contribution in [0.5, 0.6) is 5.75 Å². The number of ether oxygens (including phenoxy) is 1. The summed E-state index contributed by atoms with van der Waals surface area (Å²) in [6, 6.07) is 13.4. The number of rotatable bonds is 2. The van der Waals surface area contributed by atoms with Crippen molar-refractivity contribution in [2.45, 2.75) is 13.0 Å². The molecule has 1 aliphatic heterocycles. The number of carbonyl (C=O) groups excluding carboxylic acids is 1. The highest BCUT2D eigenvalue weighted by molar-refractivity contribution is 6.12. The lowest BCUT2D eigenvalue weighted by molar-refractivity contribution is 0.103. The summed E-state index contributed by atoms with van der Waals surface area (Å²) in [6.45, 7) is 4.17. The lowest BCUT2D eigenvalue weighted by Gasteiger charge is -2.07. The van der Waals surface area contributed by atoms with Crippen molar-refractivity contribution in [2.24, 2.45) is 0 Å². The minimum Gasteiger partial charge on any atom is -0.488 e. The van der Waals surface area contributed by atoms with E-state index < -0.39 is 0 Å². The second-order valence-electron chi connectivity index (χ2n) is 4.60. The van der Waals surface area contributed by atoms with Crippen LogP contribution in [0, 0.1) is 0 Å². The monoisotopic (exact) mass is 250 g/mol. The van der Waals surface area contributed by atoms with E-state index in [1.165, 1.54) is 0 Å². The Morgan fingerprint density at radius 2 is 2.00 bits per heavy atom. The number of benzene rings is 2. The molecule has 0 aromatic heterocycles. The molecule has 0 amide bonds. The second-order valence-corrected chi connectivity index (χ2v) is 4.60. The summed E-state index contributed by atoms with van der Waals surface area (Å²) in [7, 11) is 0. The largest absolute Gasteiger partial charge is 0.488 e. The Morgan fingerprint density at radius 3 is 2.84 bits per heavy atom. The van der Waals surface area contributed by atoms with Crippen LogP contribution in [0.25, 0.3) is 0 Å². The van der Waals surface area contributed by atoms with E-state index in [0.717, 1.165) is 23.1 Å². The average Bonchev–Trinajstić information content (AvgIpc) is 2.58. The van der Waals surface area contributed by atoms with Gasteiger partial charge in [-0.15, -0.1) is 6.58 Å². The maximum absolute atomic E-state index is 12.6. The maximum atomic E-state index is 12.6. The lowest BCUT2D eigenvalue weighted by atomic mass is 9.97. The fraction of sp³-hybridized carbons (Fsp3) is 0.118.